The minimum absolute atomic E-state index is 0.280. The molecular formula is C15H27N5O2. The molecular weight excluding hydrogens is 282 g/mol. The van der Waals surface area contributed by atoms with Crippen molar-refractivity contribution in [1.82, 2.24) is 24.0 Å². The minimum Gasteiger partial charge on any atom is -0.322 e. The van der Waals surface area contributed by atoms with Crippen LogP contribution in [0.15, 0.2) is 9.59 Å². The van der Waals surface area contributed by atoms with Crippen LogP contribution < -0.4 is 16.6 Å². The fraction of sp³-hybridized carbons (Fsp3) is 0.667. The van der Waals surface area contributed by atoms with E-state index in [1.165, 1.54) is 11.6 Å². The van der Waals surface area contributed by atoms with Gasteiger partial charge in [0.25, 0.3) is 5.56 Å². The Labute approximate surface area is 130 Å². The molecule has 0 aliphatic carbocycles. The van der Waals surface area contributed by atoms with Gasteiger partial charge in [-0.15, -0.1) is 0 Å². The molecule has 0 unspecified atom stereocenters. The van der Waals surface area contributed by atoms with E-state index in [4.69, 9.17) is 0 Å². The minimum atomic E-state index is -0.342. The Balaban J connectivity index is 0.000000422. The topological polar surface area (TPSA) is 73.8 Å². The van der Waals surface area contributed by atoms with E-state index >= 15 is 0 Å². The molecule has 0 radical (unpaired) electrons. The zero-order valence-electron chi connectivity index (χ0n) is 14.4. The largest absolute Gasteiger partial charge is 0.332 e. The summed E-state index contributed by atoms with van der Waals surface area (Å²) in [7, 11) is 3.12. The Morgan fingerprint density at radius 1 is 1.00 bits per heavy atom. The van der Waals surface area contributed by atoms with Gasteiger partial charge in [0.15, 0.2) is 11.2 Å². The van der Waals surface area contributed by atoms with Gasteiger partial charge >= 0.3 is 5.69 Å². The van der Waals surface area contributed by atoms with E-state index in [0.717, 1.165) is 29.9 Å². The number of fused-ring (bicyclic) bond motifs is 1. The first kappa shape index (κ1) is 18.2. The van der Waals surface area contributed by atoms with Gasteiger partial charge in [-0.05, 0) is 20.0 Å². The number of nitrogens with zero attached hydrogens (tertiary/aromatic N) is 4. The van der Waals surface area contributed by atoms with E-state index in [9.17, 15) is 9.59 Å². The number of nitrogens with one attached hydrogen (secondary N) is 1. The normalized spacial score (nSPS) is 10.6. The predicted octanol–water partition coefficient (Wildman–Crippen LogP) is 0.632. The van der Waals surface area contributed by atoms with Crippen molar-refractivity contribution in [2.75, 3.05) is 13.1 Å². The standard InChI is InChI=1S/C11H16N4O2.C4H11N/c1-5-7-12-9-8(15(7)6-2)10(16)14(4)11(17)13(9)3;1-3-5-4-2/h5-6H2,1-4H3;5H,3-4H2,1-2H3. The van der Waals surface area contributed by atoms with Crippen LogP contribution in [0.3, 0.4) is 0 Å². The Bertz CT molecular complexity index is 737. The average molecular weight is 309 g/mol. The molecule has 0 saturated carbocycles. The third-order valence-electron chi connectivity index (χ3n) is 3.56. The molecule has 0 bridgehead atoms. The highest BCUT2D eigenvalue weighted by molar-refractivity contribution is 5.71. The molecule has 0 atom stereocenters. The summed E-state index contributed by atoms with van der Waals surface area (Å²) >= 11 is 0. The lowest BCUT2D eigenvalue weighted by Crippen LogP contribution is -2.37. The number of hydrogen-bond acceptors (Lipinski definition) is 4. The molecule has 2 heterocycles. The average Bonchev–Trinajstić information content (AvgIpc) is 2.91. The summed E-state index contributed by atoms with van der Waals surface area (Å²) in [6.07, 6.45) is 0.736. The second-order valence-electron chi connectivity index (χ2n) is 4.96. The number of aryl methyl sites for hydroxylation is 3. The molecule has 7 heteroatoms. The summed E-state index contributed by atoms with van der Waals surface area (Å²) in [4.78, 5) is 28.3. The van der Waals surface area contributed by atoms with Gasteiger partial charge in [-0.25, -0.2) is 9.78 Å². The van der Waals surface area contributed by atoms with E-state index in [1.807, 2.05) is 18.4 Å². The van der Waals surface area contributed by atoms with Gasteiger partial charge in [-0.1, -0.05) is 20.8 Å². The van der Waals surface area contributed by atoms with Gasteiger partial charge in [0.2, 0.25) is 0 Å². The fourth-order valence-corrected chi connectivity index (χ4v) is 2.35. The molecule has 0 aliphatic heterocycles. The lowest BCUT2D eigenvalue weighted by Gasteiger charge is -2.05. The summed E-state index contributed by atoms with van der Waals surface area (Å²) in [5.74, 6) is 0.834. The molecule has 22 heavy (non-hydrogen) atoms. The Kier molecular flexibility index (Phi) is 6.55. The molecule has 0 amide bonds. The van der Waals surface area contributed by atoms with Crippen molar-refractivity contribution < 1.29 is 0 Å². The summed E-state index contributed by atoms with van der Waals surface area (Å²) in [6, 6.07) is 0. The summed E-state index contributed by atoms with van der Waals surface area (Å²) in [6.45, 7) is 11.0. The maximum Gasteiger partial charge on any atom is 0.332 e. The number of aromatic nitrogens is 4. The highest BCUT2D eigenvalue weighted by Crippen LogP contribution is 2.10. The molecule has 0 aliphatic rings. The van der Waals surface area contributed by atoms with Crippen LogP contribution in [-0.2, 0) is 27.1 Å². The lowest BCUT2D eigenvalue weighted by molar-refractivity contribution is 0.693. The van der Waals surface area contributed by atoms with Crippen molar-refractivity contribution in [1.29, 1.82) is 0 Å². The van der Waals surface area contributed by atoms with Crippen molar-refractivity contribution in [3.05, 3.63) is 26.7 Å². The van der Waals surface area contributed by atoms with Crippen molar-refractivity contribution in [2.45, 2.75) is 40.7 Å². The molecule has 0 saturated heterocycles. The first-order valence-corrected chi connectivity index (χ1v) is 7.80. The van der Waals surface area contributed by atoms with Crippen molar-refractivity contribution in [3.8, 4) is 0 Å². The van der Waals surface area contributed by atoms with E-state index < -0.39 is 0 Å². The van der Waals surface area contributed by atoms with Gasteiger partial charge in [-0.2, -0.15) is 0 Å². The van der Waals surface area contributed by atoms with Gasteiger partial charge < -0.3 is 9.88 Å². The second-order valence-corrected chi connectivity index (χ2v) is 4.96. The maximum atomic E-state index is 12.1. The second kappa shape index (κ2) is 7.93. The smallest absolute Gasteiger partial charge is 0.322 e. The van der Waals surface area contributed by atoms with Crippen LogP contribution in [-0.4, -0.2) is 31.8 Å². The number of imidazole rings is 1. The zero-order chi connectivity index (χ0) is 16.9. The Morgan fingerprint density at radius 3 is 2.00 bits per heavy atom. The van der Waals surface area contributed by atoms with E-state index in [1.54, 1.807) is 7.05 Å². The first-order valence-electron chi connectivity index (χ1n) is 7.80. The molecule has 7 nitrogen and oxygen atoms in total. The van der Waals surface area contributed by atoms with Gasteiger partial charge in [0, 0.05) is 27.1 Å². The van der Waals surface area contributed by atoms with Crippen LogP contribution >= 0.6 is 0 Å². The van der Waals surface area contributed by atoms with Gasteiger partial charge in [0.1, 0.15) is 5.82 Å². The molecule has 0 fully saturated rings. The highest BCUT2D eigenvalue weighted by Gasteiger charge is 2.16. The predicted molar refractivity (Wildman–Crippen MR) is 89.5 cm³/mol. The zero-order valence-corrected chi connectivity index (χ0v) is 14.4. The summed E-state index contributed by atoms with van der Waals surface area (Å²) < 4.78 is 4.41. The first-order chi connectivity index (χ1) is 10.4. The fourth-order valence-electron chi connectivity index (χ4n) is 2.35. The molecule has 0 aromatic carbocycles. The van der Waals surface area contributed by atoms with Crippen molar-refractivity contribution >= 4 is 11.2 Å². The van der Waals surface area contributed by atoms with Gasteiger partial charge in [0.05, 0.1) is 0 Å². The third kappa shape index (κ3) is 3.30. The molecule has 2 aromatic rings. The van der Waals surface area contributed by atoms with E-state index in [-0.39, 0.29) is 11.2 Å². The SMILES string of the molecule is CCNCC.CCc1nc2c(c(=O)n(C)c(=O)n2C)n1CC. The number of rotatable bonds is 4. The number of hydrogen-bond donors (Lipinski definition) is 1. The van der Waals surface area contributed by atoms with Crippen molar-refractivity contribution in [3.63, 3.8) is 0 Å². The maximum absolute atomic E-state index is 12.1. The van der Waals surface area contributed by atoms with Crippen LogP contribution in [0.1, 0.15) is 33.5 Å². The summed E-state index contributed by atoms with van der Waals surface area (Å²) in [5.41, 5.74) is 0.355. The van der Waals surface area contributed by atoms with Crippen LogP contribution in [0.2, 0.25) is 0 Å². The lowest BCUT2D eigenvalue weighted by atomic mass is 10.4. The molecule has 1 N–H and O–H groups in total. The summed E-state index contributed by atoms with van der Waals surface area (Å²) in [5, 5.41) is 3.11. The molecule has 124 valence electrons. The van der Waals surface area contributed by atoms with Crippen LogP contribution in [0.5, 0.6) is 0 Å². The Morgan fingerprint density at radius 2 is 1.59 bits per heavy atom. The quantitative estimate of drug-likeness (QED) is 0.899. The highest BCUT2D eigenvalue weighted by atomic mass is 16.2. The van der Waals surface area contributed by atoms with Crippen molar-refractivity contribution in [2.24, 2.45) is 14.1 Å². The molecule has 2 rings (SSSR count). The van der Waals surface area contributed by atoms with E-state index in [0.29, 0.717) is 17.7 Å². The third-order valence-corrected chi connectivity index (χ3v) is 3.56. The molecule has 0 spiro atoms. The van der Waals surface area contributed by atoms with Crippen LogP contribution in [0.25, 0.3) is 11.2 Å². The van der Waals surface area contributed by atoms with Crippen LogP contribution in [0.4, 0.5) is 0 Å². The Hall–Kier alpha value is -1.89. The van der Waals surface area contributed by atoms with Crippen LogP contribution in [0, 0.1) is 0 Å². The van der Waals surface area contributed by atoms with E-state index in [2.05, 4.69) is 24.1 Å². The monoisotopic (exact) mass is 309 g/mol. The van der Waals surface area contributed by atoms with Gasteiger partial charge in [-0.3, -0.25) is 13.9 Å². The molecule has 2 aromatic heterocycles.